The molecule has 2 nitrogen and oxygen atoms in total. The number of aryl methyl sites for hydroxylation is 1. The molecular formula is C20H25FN2. The summed E-state index contributed by atoms with van der Waals surface area (Å²) in [7, 11) is 0. The van der Waals surface area contributed by atoms with Crippen LogP contribution in [0.1, 0.15) is 36.0 Å². The fourth-order valence-electron chi connectivity index (χ4n) is 3.50. The molecule has 23 heavy (non-hydrogen) atoms. The molecule has 2 N–H and O–H groups in total. The number of halogens is 1. The molecule has 1 saturated heterocycles. The summed E-state index contributed by atoms with van der Waals surface area (Å²) in [5.74, 6) is 0.298. The van der Waals surface area contributed by atoms with E-state index in [0.29, 0.717) is 12.5 Å². The highest BCUT2D eigenvalue weighted by molar-refractivity contribution is 5.26. The van der Waals surface area contributed by atoms with E-state index in [0.717, 1.165) is 31.5 Å². The number of likely N-dealkylation sites (tertiary alicyclic amines) is 1. The number of nitrogens with zero attached hydrogens (tertiary/aromatic N) is 1. The molecule has 0 radical (unpaired) electrons. The minimum Gasteiger partial charge on any atom is -0.327 e. The standard InChI is InChI=1S/C20H25FN2/c1-2-15-7-9-16(10-8-15)18-11-19(22)14-23(13-18)12-17-5-3-4-6-20(17)21/h3-10,18-19H,2,11-14,22H2,1H3. The van der Waals surface area contributed by atoms with Gasteiger partial charge in [0, 0.05) is 31.2 Å². The van der Waals surface area contributed by atoms with Crippen molar-refractivity contribution in [1.29, 1.82) is 0 Å². The lowest BCUT2D eigenvalue weighted by atomic mass is 9.87. The van der Waals surface area contributed by atoms with Crippen LogP contribution in [-0.2, 0) is 13.0 Å². The lowest BCUT2D eigenvalue weighted by Gasteiger charge is -2.36. The van der Waals surface area contributed by atoms with Crippen molar-refractivity contribution in [3.05, 3.63) is 71.0 Å². The Balaban J connectivity index is 1.72. The quantitative estimate of drug-likeness (QED) is 0.932. The van der Waals surface area contributed by atoms with E-state index in [1.807, 2.05) is 12.1 Å². The lowest BCUT2D eigenvalue weighted by Crippen LogP contribution is -2.45. The van der Waals surface area contributed by atoms with Crippen LogP contribution >= 0.6 is 0 Å². The van der Waals surface area contributed by atoms with Gasteiger partial charge in [0.1, 0.15) is 5.82 Å². The maximum atomic E-state index is 13.9. The van der Waals surface area contributed by atoms with Crippen molar-refractivity contribution >= 4 is 0 Å². The van der Waals surface area contributed by atoms with Gasteiger partial charge in [-0.1, -0.05) is 49.4 Å². The van der Waals surface area contributed by atoms with Crippen LogP contribution in [0.5, 0.6) is 0 Å². The SMILES string of the molecule is CCc1ccc(C2CC(N)CN(Cc3ccccc3F)C2)cc1. The van der Waals surface area contributed by atoms with Gasteiger partial charge in [-0.3, -0.25) is 4.90 Å². The third-order valence-corrected chi connectivity index (χ3v) is 4.77. The van der Waals surface area contributed by atoms with Crippen molar-refractivity contribution in [3.63, 3.8) is 0 Å². The van der Waals surface area contributed by atoms with Crippen molar-refractivity contribution < 1.29 is 4.39 Å². The zero-order valence-corrected chi connectivity index (χ0v) is 13.7. The molecule has 122 valence electrons. The second-order valence-electron chi connectivity index (χ2n) is 6.57. The zero-order chi connectivity index (χ0) is 16.2. The lowest BCUT2D eigenvalue weighted by molar-refractivity contribution is 0.179. The molecule has 0 spiro atoms. The summed E-state index contributed by atoms with van der Waals surface area (Å²) < 4.78 is 13.9. The van der Waals surface area contributed by atoms with Gasteiger partial charge < -0.3 is 5.73 Å². The van der Waals surface area contributed by atoms with Crippen LogP contribution in [0.15, 0.2) is 48.5 Å². The number of hydrogen-bond acceptors (Lipinski definition) is 2. The molecule has 0 aromatic heterocycles. The molecule has 0 bridgehead atoms. The van der Waals surface area contributed by atoms with Crippen LogP contribution in [-0.4, -0.2) is 24.0 Å². The summed E-state index contributed by atoms with van der Waals surface area (Å²) in [4.78, 5) is 2.28. The summed E-state index contributed by atoms with van der Waals surface area (Å²) in [5, 5.41) is 0. The third kappa shape index (κ3) is 3.98. The maximum absolute atomic E-state index is 13.9. The van der Waals surface area contributed by atoms with E-state index in [2.05, 4.69) is 36.1 Å². The minimum atomic E-state index is -0.129. The molecule has 1 fully saturated rings. The Morgan fingerprint density at radius 2 is 1.83 bits per heavy atom. The first kappa shape index (κ1) is 16.2. The van der Waals surface area contributed by atoms with Gasteiger partial charge in [-0.15, -0.1) is 0 Å². The second kappa shape index (κ2) is 7.24. The van der Waals surface area contributed by atoms with Crippen LogP contribution in [0.25, 0.3) is 0 Å². The first-order valence-electron chi connectivity index (χ1n) is 8.46. The third-order valence-electron chi connectivity index (χ3n) is 4.77. The van der Waals surface area contributed by atoms with E-state index in [4.69, 9.17) is 5.73 Å². The zero-order valence-electron chi connectivity index (χ0n) is 13.7. The molecule has 1 aliphatic rings. The van der Waals surface area contributed by atoms with Crippen LogP contribution in [0.4, 0.5) is 4.39 Å². The van der Waals surface area contributed by atoms with E-state index in [1.54, 1.807) is 6.07 Å². The predicted molar refractivity (Wildman–Crippen MR) is 92.8 cm³/mol. The minimum absolute atomic E-state index is 0.129. The topological polar surface area (TPSA) is 29.3 Å². The summed E-state index contributed by atoms with van der Waals surface area (Å²) in [6.07, 6.45) is 2.06. The molecule has 3 heteroatoms. The highest BCUT2D eigenvalue weighted by Crippen LogP contribution is 2.28. The van der Waals surface area contributed by atoms with Crippen LogP contribution < -0.4 is 5.73 Å². The fraction of sp³-hybridized carbons (Fsp3) is 0.400. The predicted octanol–water partition coefficient (Wildman–Crippen LogP) is 3.70. The van der Waals surface area contributed by atoms with Gasteiger partial charge in [-0.25, -0.2) is 4.39 Å². The Hall–Kier alpha value is -1.71. The van der Waals surface area contributed by atoms with E-state index in [1.165, 1.54) is 17.2 Å². The van der Waals surface area contributed by atoms with Gasteiger partial charge in [0.15, 0.2) is 0 Å². The van der Waals surface area contributed by atoms with Gasteiger partial charge in [-0.05, 0) is 36.0 Å². The number of rotatable bonds is 4. The van der Waals surface area contributed by atoms with E-state index in [-0.39, 0.29) is 11.9 Å². The highest BCUT2D eigenvalue weighted by atomic mass is 19.1. The van der Waals surface area contributed by atoms with Crippen molar-refractivity contribution in [1.82, 2.24) is 4.90 Å². The van der Waals surface area contributed by atoms with Crippen molar-refractivity contribution in [3.8, 4) is 0 Å². The fourth-order valence-corrected chi connectivity index (χ4v) is 3.50. The van der Waals surface area contributed by atoms with Crippen LogP contribution in [0.3, 0.4) is 0 Å². The number of nitrogens with two attached hydrogens (primary N) is 1. The average molecular weight is 312 g/mol. The molecule has 0 saturated carbocycles. The van der Waals surface area contributed by atoms with Gasteiger partial charge >= 0.3 is 0 Å². The van der Waals surface area contributed by atoms with Crippen molar-refractivity contribution in [2.24, 2.45) is 5.73 Å². The maximum Gasteiger partial charge on any atom is 0.127 e. The molecule has 2 unspecified atom stereocenters. The molecule has 0 aliphatic carbocycles. The van der Waals surface area contributed by atoms with Gasteiger partial charge in [0.25, 0.3) is 0 Å². The van der Waals surface area contributed by atoms with Crippen LogP contribution in [0.2, 0.25) is 0 Å². The van der Waals surface area contributed by atoms with Crippen molar-refractivity contribution in [2.45, 2.75) is 38.3 Å². The Bertz CT molecular complexity index is 638. The van der Waals surface area contributed by atoms with Crippen LogP contribution in [0, 0.1) is 5.82 Å². The van der Waals surface area contributed by atoms with E-state index in [9.17, 15) is 4.39 Å². The Morgan fingerprint density at radius 3 is 2.52 bits per heavy atom. The summed E-state index contributed by atoms with van der Waals surface area (Å²) in [6.45, 7) is 4.57. The number of benzene rings is 2. The Labute approximate surface area is 138 Å². The molecule has 2 aromatic carbocycles. The molecule has 0 amide bonds. The van der Waals surface area contributed by atoms with E-state index >= 15 is 0 Å². The Morgan fingerprint density at radius 1 is 1.09 bits per heavy atom. The monoisotopic (exact) mass is 312 g/mol. The first-order chi connectivity index (χ1) is 11.2. The first-order valence-corrected chi connectivity index (χ1v) is 8.46. The molecule has 2 atom stereocenters. The largest absolute Gasteiger partial charge is 0.327 e. The summed E-state index contributed by atoms with van der Waals surface area (Å²) in [5.41, 5.74) is 9.72. The van der Waals surface area contributed by atoms with Gasteiger partial charge in [0.2, 0.25) is 0 Å². The number of piperidine rings is 1. The summed E-state index contributed by atoms with van der Waals surface area (Å²) >= 11 is 0. The second-order valence-corrected chi connectivity index (χ2v) is 6.57. The molecule has 1 aliphatic heterocycles. The van der Waals surface area contributed by atoms with E-state index < -0.39 is 0 Å². The highest BCUT2D eigenvalue weighted by Gasteiger charge is 2.26. The van der Waals surface area contributed by atoms with Gasteiger partial charge in [-0.2, -0.15) is 0 Å². The van der Waals surface area contributed by atoms with Crippen molar-refractivity contribution in [2.75, 3.05) is 13.1 Å². The Kier molecular flexibility index (Phi) is 5.09. The normalized spacial score (nSPS) is 22.2. The van der Waals surface area contributed by atoms with Gasteiger partial charge in [0.05, 0.1) is 0 Å². The molecular weight excluding hydrogens is 287 g/mol. The molecule has 3 rings (SSSR count). The number of hydrogen-bond donors (Lipinski definition) is 1. The summed E-state index contributed by atoms with van der Waals surface area (Å²) in [6, 6.07) is 16.0. The smallest absolute Gasteiger partial charge is 0.127 e. The molecule has 2 aromatic rings. The average Bonchev–Trinajstić information content (AvgIpc) is 2.56. The molecule has 1 heterocycles.